The number of nitrogens with zero attached hydrogens (tertiary/aromatic N) is 2. The van der Waals surface area contributed by atoms with Gasteiger partial charge in [-0.05, 0) is 55.0 Å². The van der Waals surface area contributed by atoms with Crippen molar-refractivity contribution >= 4 is 0 Å². The van der Waals surface area contributed by atoms with Gasteiger partial charge >= 0.3 is 0 Å². The molecule has 0 amide bonds. The third-order valence-electron chi connectivity index (χ3n) is 3.35. The van der Waals surface area contributed by atoms with E-state index in [1.54, 1.807) is 7.11 Å². The molecule has 0 atom stereocenters. The van der Waals surface area contributed by atoms with E-state index in [2.05, 4.69) is 17.1 Å². The van der Waals surface area contributed by atoms with Gasteiger partial charge in [0.1, 0.15) is 11.5 Å². The van der Waals surface area contributed by atoms with E-state index in [1.807, 2.05) is 48.5 Å². The topological polar surface area (TPSA) is 57.4 Å². The molecule has 2 aromatic carbocycles. The molecule has 0 aliphatic rings. The second kappa shape index (κ2) is 6.96. The molecule has 0 saturated heterocycles. The Balaban J connectivity index is 1.78. The van der Waals surface area contributed by atoms with Crippen LogP contribution in [-0.4, -0.2) is 23.9 Å². The minimum Gasteiger partial charge on any atom is -0.497 e. The lowest BCUT2D eigenvalue weighted by Gasteiger charge is -2.03. The summed E-state index contributed by atoms with van der Waals surface area (Å²) in [5.41, 5.74) is 1.74. The van der Waals surface area contributed by atoms with E-state index in [0.29, 0.717) is 18.3 Å². The van der Waals surface area contributed by atoms with E-state index in [9.17, 15) is 0 Å². The van der Waals surface area contributed by atoms with Crippen molar-refractivity contribution in [2.75, 3.05) is 13.7 Å². The standard InChI is InChI=1S/C18H18N2O3/c1-3-12-22-16-10-4-13(5-11-16)17-19-18(23-20-17)14-6-8-15(21-2)9-7-14/h4-11H,3,12H2,1-2H3. The normalized spacial score (nSPS) is 10.5. The molecular weight excluding hydrogens is 292 g/mol. The van der Waals surface area contributed by atoms with Gasteiger partial charge in [-0.2, -0.15) is 4.98 Å². The molecule has 1 heterocycles. The van der Waals surface area contributed by atoms with Crippen LogP contribution < -0.4 is 9.47 Å². The second-order valence-electron chi connectivity index (χ2n) is 5.02. The van der Waals surface area contributed by atoms with Crippen LogP contribution in [0.5, 0.6) is 11.5 Å². The van der Waals surface area contributed by atoms with Gasteiger partial charge in [-0.25, -0.2) is 0 Å². The minimum atomic E-state index is 0.481. The van der Waals surface area contributed by atoms with Crippen molar-refractivity contribution in [2.45, 2.75) is 13.3 Å². The number of benzene rings is 2. The van der Waals surface area contributed by atoms with Crippen LogP contribution in [0.25, 0.3) is 22.8 Å². The van der Waals surface area contributed by atoms with Gasteiger partial charge in [0, 0.05) is 11.1 Å². The summed E-state index contributed by atoms with van der Waals surface area (Å²) in [6.45, 7) is 2.79. The second-order valence-corrected chi connectivity index (χ2v) is 5.02. The molecule has 118 valence electrons. The first kappa shape index (κ1) is 15.1. The Kier molecular flexibility index (Phi) is 4.57. The van der Waals surface area contributed by atoms with E-state index >= 15 is 0 Å². The summed E-state index contributed by atoms with van der Waals surface area (Å²) in [4.78, 5) is 4.44. The van der Waals surface area contributed by atoms with E-state index < -0.39 is 0 Å². The summed E-state index contributed by atoms with van der Waals surface area (Å²) < 4.78 is 16.0. The number of hydrogen-bond donors (Lipinski definition) is 0. The maximum Gasteiger partial charge on any atom is 0.258 e. The fraction of sp³-hybridized carbons (Fsp3) is 0.222. The van der Waals surface area contributed by atoms with Gasteiger partial charge in [0.25, 0.3) is 5.89 Å². The Morgan fingerprint density at radius 1 is 0.913 bits per heavy atom. The van der Waals surface area contributed by atoms with E-state index in [-0.39, 0.29) is 0 Å². The molecule has 23 heavy (non-hydrogen) atoms. The van der Waals surface area contributed by atoms with Crippen LogP contribution in [-0.2, 0) is 0 Å². The van der Waals surface area contributed by atoms with Gasteiger partial charge in [-0.15, -0.1) is 0 Å². The van der Waals surface area contributed by atoms with Crippen LogP contribution in [0.4, 0.5) is 0 Å². The van der Waals surface area contributed by atoms with Crippen molar-refractivity contribution in [1.29, 1.82) is 0 Å². The third kappa shape index (κ3) is 3.51. The van der Waals surface area contributed by atoms with Crippen LogP contribution in [0.2, 0.25) is 0 Å². The van der Waals surface area contributed by atoms with Crippen LogP contribution in [0.3, 0.4) is 0 Å². The van der Waals surface area contributed by atoms with Gasteiger partial charge in [0.2, 0.25) is 5.82 Å². The monoisotopic (exact) mass is 310 g/mol. The summed E-state index contributed by atoms with van der Waals surface area (Å²) in [7, 11) is 1.63. The summed E-state index contributed by atoms with van der Waals surface area (Å²) >= 11 is 0. The number of hydrogen-bond acceptors (Lipinski definition) is 5. The highest BCUT2D eigenvalue weighted by molar-refractivity contribution is 5.60. The molecule has 0 aliphatic heterocycles. The molecule has 0 saturated carbocycles. The van der Waals surface area contributed by atoms with Gasteiger partial charge in [-0.3, -0.25) is 0 Å². The summed E-state index contributed by atoms with van der Waals surface area (Å²) in [5, 5.41) is 4.04. The van der Waals surface area contributed by atoms with Crippen LogP contribution in [0.1, 0.15) is 13.3 Å². The van der Waals surface area contributed by atoms with Gasteiger partial charge < -0.3 is 14.0 Å². The van der Waals surface area contributed by atoms with E-state index in [1.165, 1.54) is 0 Å². The number of rotatable bonds is 6. The highest BCUT2D eigenvalue weighted by Crippen LogP contribution is 2.25. The molecule has 5 heteroatoms. The Morgan fingerprint density at radius 2 is 1.57 bits per heavy atom. The number of ether oxygens (including phenoxy) is 2. The molecule has 3 rings (SSSR count). The maximum atomic E-state index is 5.57. The van der Waals surface area contributed by atoms with Crippen molar-refractivity contribution in [3.8, 4) is 34.3 Å². The van der Waals surface area contributed by atoms with Gasteiger partial charge in [0.15, 0.2) is 0 Å². The van der Waals surface area contributed by atoms with Crippen molar-refractivity contribution < 1.29 is 14.0 Å². The molecule has 0 radical (unpaired) electrons. The van der Waals surface area contributed by atoms with Crippen molar-refractivity contribution in [3.05, 3.63) is 48.5 Å². The van der Waals surface area contributed by atoms with E-state index in [0.717, 1.165) is 29.0 Å². The lowest BCUT2D eigenvalue weighted by atomic mass is 10.2. The molecule has 3 aromatic rings. The molecule has 0 N–H and O–H groups in total. The fourth-order valence-electron chi connectivity index (χ4n) is 2.11. The molecule has 1 aromatic heterocycles. The Morgan fingerprint density at radius 3 is 2.22 bits per heavy atom. The summed E-state index contributed by atoms with van der Waals surface area (Å²) in [5.74, 6) is 2.66. The Bertz CT molecular complexity index is 749. The first-order valence-corrected chi connectivity index (χ1v) is 7.51. The van der Waals surface area contributed by atoms with E-state index in [4.69, 9.17) is 14.0 Å². The Labute approximate surface area is 134 Å². The molecule has 0 aliphatic carbocycles. The predicted octanol–water partition coefficient (Wildman–Crippen LogP) is 4.20. The van der Waals surface area contributed by atoms with Crippen molar-refractivity contribution in [2.24, 2.45) is 0 Å². The average molecular weight is 310 g/mol. The first-order chi connectivity index (χ1) is 11.3. The summed E-state index contributed by atoms with van der Waals surface area (Å²) in [6.07, 6.45) is 0.984. The lowest BCUT2D eigenvalue weighted by Crippen LogP contribution is -1.94. The smallest absolute Gasteiger partial charge is 0.258 e. The van der Waals surface area contributed by atoms with Crippen molar-refractivity contribution in [3.63, 3.8) is 0 Å². The molecule has 5 nitrogen and oxygen atoms in total. The number of aromatic nitrogens is 2. The maximum absolute atomic E-state index is 5.57. The number of methoxy groups -OCH3 is 1. The van der Waals surface area contributed by atoms with Crippen LogP contribution >= 0.6 is 0 Å². The van der Waals surface area contributed by atoms with Gasteiger partial charge in [-0.1, -0.05) is 12.1 Å². The van der Waals surface area contributed by atoms with Crippen LogP contribution in [0.15, 0.2) is 53.1 Å². The third-order valence-corrected chi connectivity index (χ3v) is 3.35. The highest BCUT2D eigenvalue weighted by atomic mass is 16.5. The largest absolute Gasteiger partial charge is 0.497 e. The molecule has 0 spiro atoms. The SMILES string of the molecule is CCCOc1ccc(-c2noc(-c3ccc(OC)cc3)n2)cc1. The Hall–Kier alpha value is -2.82. The lowest BCUT2D eigenvalue weighted by molar-refractivity contribution is 0.317. The van der Waals surface area contributed by atoms with Crippen LogP contribution in [0, 0.1) is 0 Å². The highest BCUT2D eigenvalue weighted by Gasteiger charge is 2.10. The molecule has 0 fully saturated rings. The fourth-order valence-corrected chi connectivity index (χ4v) is 2.11. The molecule has 0 unspecified atom stereocenters. The first-order valence-electron chi connectivity index (χ1n) is 7.51. The quantitative estimate of drug-likeness (QED) is 0.683. The predicted molar refractivity (Wildman–Crippen MR) is 87.5 cm³/mol. The molecular formula is C18H18N2O3. The molecule has 0 bridgehead atoms. The van der Waals surface area contributed by atoms with Crippen molar-refractivity contribution in [1.82, 2.24) is 10.1 Å². The van der Waals surface area contributed by atoms with Gasteiger partial charge in [0.05, 0.1) is 13.7 Å². The zero-order valence-corrected chi connectivity index (χ0v) is 13.2. The average Bonchev–Trinajstić information content (AvgIpc) is 3.10. The zero-order valence-electron chi connectivity index (χ0n) is 13.2. The minimum absolute atomic E-state index is 0.481. The zero-order chi connectivity index (χ0) is 16.1. The summed E-state index contributed by atoms with van der Waals surface area (Å²) in [6, 6.07) is 15.2.